The number of piperidine rings is 1. The first-order chi connectivity index (χ1) is 11.6. The normalized spacial score (nSPS) is 21.1. The molecule has 6 heteroatoms. The van der Waals surface area contributed by atoms with E-state index < -0.39 is 5.97 Å². The van der Waals surface area contributed by atoms with E-state index in [1.807, 2.05) is 18.2 Å². The van der Waals surface area contributed by atoms with Gasteiger partial charge >= 0.3 is 5.97 Å². The first-order valence-corrected chi connectivity index (χ1v) is 8.40. The Morgan fingerprint density at radius 2 is 2.12 bits per heavy atom. The number of nitrogens with one attached hydrogen (secondary N) is 2. The molecule has 1 aliphatic carbocycles. The minimum absolute atomic E-state index is 0.120. The lowest BCUT2D eigenvalue weighted by molar-refractivity contribution is -0.142. The van der Waals surface area contributed by atoms with Crippen LogP contribution >= 0.6 is 0 Å². The van der Waals surface area contributed by atoms with Crippen LogP contribution in [0.5, 0.6) is 5.75 Å². The molecule has 1 aromatic carbocycles. The lowest BCUT2D eigenvalue weighted by atomic mass is 9.92. The van der Waals surface area contributed by atoms with Gasteiger partial charge in [0.05, 0.1) is 7.11 Å². The van der Waals surface area contributed by atoms with Gasteiger partial charge < -0.3 is 20.1 Å². The van der Waals surface area contributed by atoms with E-state index in [2.05, 4.69) is 15.4 Å². The molecule has 6 nitrogen and oxygen atoms in total. The SMILES string of the molecule is COC(=O)COc1cccc(CNC(=O)C2CC23CCNCC3)c1. The highest BCUT2D eigenvalue weighted by Gasteiger charge is 2.57. The molecule has 0 radical (unpaired) electrons. The Morgan fingerprint density at radius 1 is 1.33 bits per heavy atom. The topological polar surface area (TPSA) is 76.7 Å². The maximum atomic E-state index is 12.4. The number of benzene rings is 1. The van der Waals surface area contributed by atoms with Gasteiger partial charge in [-0.3, -0.25) is 4.79 Å². The van der Waals surface area contributed by atoms with Crippen molar-refractivity contribution in [2.45, 2.75) is 25.8 Å². The van der Waals surface area contributed by atoms with Gasteiger partial charge in [-0.2, -0.15) is 0 Å². The molecule has 24 heavy (non-hydrogen) atoms. The van der Waals surface area contributed by atoms with E-state index >= 15 is 0 Å². The summed E-state index contributed by atoms with van der Waals surface area (Å²) in [6, 6.07) is 7.38. The van der Waals surface area contributed by atoms with Crippen LogP contribution in [0, 0.1) is 11.3 Å². The zero-order valence-corrected chi connectivity index (χ0v) is 14.0. The molecule has 1 saturated carbocycles. The van der Waals surface area contributed by atoms with Crippen LogP contribution in [0.2, 0.25) is 0 Å². The molecular weight excluding hydrogens is 308 g/mol. The lowest BCUT2D eigenvalue weighted by Gasteiger charge is -2.23. The van der Waals surface area contributed by atoms with Crippen LogP contribution in [-0.2, 0) is 20.9 Å². The fourth-order valence-electron chi connectivity index (χ4n) is 3.45. The van der Waals surface area contributed by atoms with Crippen LogP contribution in [-0.4, -0.2) is 38.7 Å². The Kier molecular flexibility index (Phi) is 5.04. The Bertz CT molecular complexity index is 611. The maximum absolute atomic E-state index is 12.4. The van der Waals surface area contributed by atoms with Crippen molar-refractivity contribution >= 4 is 11.9 Å². The molecule has 2 N–H and O–H groups in total. The van der Waals surface area contributed by atoms with Crippen molar-refractivity contribution < 1.29 is 19.1 Å². The maximum Gasteiger partial charge on any atom is 0.343 e. The first kappa shape index (κ1) is 16.8. The number of hydrogen-bond acceptors (Lipinski definition) is 5. The molecule has 1 spiro atoms. The Balaban J connectivity index is 1.48. The van der Waals surface area contributed by atoms with Gasteiger partial charge in [-0.1, -0.05) is 12.1 Å². The number of carbonyl (C=O) groups excluding carboxylic acids is 2. The molecule has 130 valence electrons. The molecule has 1 aromatic rings. The number of ether oxygens (including phenoxy) is 2. The van der Waals surface area contributed by atoms with Crippen LogP contribution in [0.1, 0.15) is 24.8 Å². The minimum Gasteiger partial charge on any atom is -0.482 e. The largest absolute Gasteiger partial charge is 0.482 e. The molecule has 1 amide bonds. The van der Waals surface area contributed by atoms with E-state index in [9.17, 15) is 9.59 Å². The third-order valence-corrected chi connectivity index (χ3v) is 5.06. The molecule has 1 aliphatic heterocycles. The highest BCUT2D eigenvalue weighted by atomic mass is 16.6. The summed E-state index contributed by atoms with van der Waals surface area (Å²) in [4.78, 5) is 23.5. The predicted molar refractivity (Wildman–Crippen MR) is 88.4 cm³/mol. The van der Waals surface area contributed by atoms with Crippen molar-refractivity contribution in [2.24, 2.45) is 11.3 Å². The summed E-state index contributed by atoms with van der Waals surface area (Å²) in [5.74, 6) is 0.485. The van der Waals surface area contributed by atoms with Crippen LogP contribution in [0.25, 0.3) is 0 Å². The minimum atomic E-state index is -0.422. The zero-order valence-electron chi connectivity index (χ0n) is 14.0. The summed E-state index contributed by atoms with van der Waals surface area (Å²) in [5, 5.41) is 6.38. The molecule has 1 atom stereocenters. The second-order valence-electron chi connectivity index (χ2n) is 6.60. The van der Waals surface area contributed by atoms with Gasteiger partial charge in [0, 0.05) is 12.5 Å². The summed E-state index contributed by atoms with van der Waals surface area (Å²) >= 11 is 0. The van der Waals surface area contributed by atoms with Gasteiger partial charge in [-0.15, -0.1) is 0 Å². The van der Waals surface area contributed by atoms with Crippen molar-refractivity contribution in [2.75, 3.05) is 26.8 Å². The number of esters is 1. The average molecular weight is 332 g/mol. The molecule has 3 rings (SSSR count). The number of amides is 1. The van der Waals surface area contributed by atoms with Gasteiger partial charge in [0.2, 0.25) is 5.91 Å². The van der Waals surface area contributed by atoms with Crippen LogP contribution < -0.4 is 15.4 Å². The Labute approximate surface area is 141 Å². The summed E-state index contributed by atoms with van der Waals surface area (Å²) in [6.07, 6.45) is 3.21. The van der Waals surface area contributed by atoms with E-state index in [0.717, 1.165) is 37.9 Å². The van der Waals surface area contributed by atoms with Gasteiger partial charge in [-0.05, 0) is 55.5 Å². The summed E-state index contributed by atoms with van der Waals surface area (Å²) in [5.41, 5.74) is 1.20. The number of rotatable bonds is 6. The van der Waals surface area contributed by atoms with E-state index in [1.54, 1.807) is 6.07 Å². The first-order valence-electron chi connectivity index (χ1n) is 8.40. The quantitative estimate of drug-likeness (QED) is 0.767. The smallest absolute Gasteiger partial charge is 0.343 e. The van der Waals surface area contributed by atoms with Gasteiger partial charge in [0.15, 0.2) is 6.61 Å². The van der Waals surface area contributed by atoms with Crippen molar-refractivity contribution in [1.82, 2.24) is 10.6 Å². The van der Waals surface area contributed by atoms with Crippen LogP contribution in [0.15, 0.2) is 24.3 Å². The Hall–Kier alpha value is -2.08. The molecule has 0 aromatic heterocycles. The molecule has 0 bridgehead atoms. The van der Waals surface area contributed by atoms with E-state index in [1.165, 1.54) is 7.11 Å². The van der Waals surface area contributed by atoms with Crippen LogP contribution in [0.4, 0.5) is 0 Å². The third-order valence-electron chi connectivity index (χ3n) is 5.06. The summed E-state index contributed by atoms with van der Waals surface area (Å²) in [6.45, 7) is 2.39. The van der Waals surface area contributed by atoms with Crippen LogP contribution in [0.3, 0.4) is 0 Å². The van der Waals surface area contributed by atoms with Gasteiger partial charge in [0.25, 0.3) is 0 Å². The molecule has 1 saturated heterocycles. The molecule has 1 unspecified atom stereocenters. The Morgan fingerprint density at radius 3 is 2.88 bits per heavy atom. The van der Waals surface area contributed by atoms with Crippen molar-refractivity contribution in [1.29, 1.82) is 0 Å². The van der Waals surface area contributed by atoms with E-state index in [-0.39, 0.29) is 23.8 Å². The second-order valence-corrected chi connectivity index (χ2v) is 6.60. The molecule has 2 aliphatic rings. The van der Waals surface area contributed by atoms with Gasteiger partial charge in [0.1, 0.15) is 5.75 Å². The second kappa shape index (κ2) is 7.21. The van der Waals surface area contributed by atoms with Gasteiger partial charge in [-0.25, -0.2) is 4.79 Å². The number of hydrogen-bond donors (Lipinski definition) is 2. The third kappa shape index (κ3) is 3.87. The predicted octanol–water partition coefficient (Wildman–Crippen LogP) is 1.24. The van der Waals surface area contributed by atoms with Crippen molar-refractivity contribution in [3.63, 3.8) is 0 Å². The fourth-order valence-corrected chi connectivity index (χ4v) is 3.45. The highest BCUT2D eigenvalue weighted by Crippen LogP contribution is 2.58. The lowest BCUT2D eigenvalue weighted by Crippen LogP contribution is -2.33. The molecule has 2 fully saturated rings. The number of methoxy groups -OCH3 is 1. The standard InChI is InChI=1S/C18H24N2O4/c1-23-16(21)12-24-14-4-2-3-13(9-14)11-20-17(22)15-10-18(15)5-7-19-8-6-18/h2-4,9,15,19H,5-8,10-12H2,1H3,(H,20,22). The van der Waals surface area contributed by atoms with E-state index in [4.69, 9.17) is 4.74 Å². The average Bonchev–Trinajstić information content (AvgIpc) is 3.31. The molecular formula is C18H24N2O4. The van der Waals surface area contributed by atoms with E-state index in [0.29, 0.717) is 12.3 Å². The molecule has 1 heterocycles. The highest BCUT2D eigenvalue weighted by molar-refractivity contribution is 5.82. The summed E-state index contributed by atoms with van der Waals surface area (Å²) in [7, 11) is 1.32. The monoisotopic (exact) mass is 332 g/mol. The fraction of sp³-hybridized carbons (Fsp3) is 0.556. The number of carbonyl (C=O) groups is 2. The zero-order chi connectivity index (χ0) is 17.0. The summed E-state index contributed by atoms with van der Waals surface area (Å²) < 4.78 is 9.91. The van der Waals surface area contributed by atoms with Crippen molar-refractivity contribution in [3.05, 3.63) is 29.8 Å². The van der Waals surface area contributed by atoms with Crippen molar-refractivity contribution in [3.8, 4) is 5.75 Å².